The molecule has 0 bridgehead atoms. The fraction of sp³-hybridized carbons (Fsp3) is 0.120. The molecule has 0 aliphatic carbocycles. The van der Waals surface area contributed by atoms with Gasteiger partial charge in [0, 0.05) is 52.6 Å². The van der Waals surface area contributed by atoms with E-state index in [9.17, 15) is 9.59 Å². The second-order valence-corrected chi connectivity index (χ2v) is 8.55. The summed E-state index contributed by atoms with van der Waals surface area (Å²) < 4.78 is 5.13. The summed E-state index contributed by atoms with van der Waals surface area (Å²) in [6, 6.07) is 13.6. The van der Waals surface area contributed by atoms with E-state index < -0.39 is 5.76 Å². The number of amides is 1. The van der Waals surface area contributed by atoms with Crippen LogP contribution in [0.15, 0.2) is 69.5 Å². The van der Waals surface area contributed by atoms with Crippen molar-refractivity contribution in [2.24, 2.45) is 0 Å². The lowest BCUT2D eigenvalue weighted by Gasteiger charge is -2.13. The highest BCUT2D eigenvalue weighted by atomic mass is 32.1. The minimum absolute atomic E-state index is 0.149. The lowest BCUT2D eigenvalue weighted by molar-refractivity contribution is -0.114. The van der Waals surface area contributed by atoms with Crippen LogP contribution in [0.3, 0.4) is 0 Å². The van der Waals surface area contributed by atoms with Crippen molar-refractivity contribution in [3.8, 4) is 44.4 Å². The van der Waals surface area contributed by atoms with E-state index in [1.54, 1.807) is 12.4 Å². The van der Waals surface area contributed by atoms with Crippen LogP contribution in [0.1, 0.15) is 19.5 Å². The number of benzene rings is 1. The fourth-order valence-electron chi connectivity index (χ4n) is 3.71. The van der Waals surface area contributed by atoms with Gasteiger partial charge in [-0.1, -0.05) is 37.3 Å². The van der Waals surface area contributed by atoms with Gasteiger partial charge < -0.3 is 9.73 Å². The van der Waals surface area contributed by atoms with Crippen LogP contribution in [-0.2, 0) is 11.2 Å². The third-order valence-corrected chi connectivity index (χ3v) is 6.17. The highest BCUT2D eigenvalue weighted by Gasteiger charge is 2.19. The number of thiazole rings is 1. The van der Waals surface area contributed by atoms with Crippen molar-refractivity contribution in [1.82, 2.24) is 25.1 Å². The molecule has 174 valence electrons. The lowest BCUT2D eigenvalue weighted by Crippen LogP contribution is -2.08. The molecular formula is C25H20N6O3S. The van der Waals surface area contributed by atoms with Crippen LogP contribution in [0.5, 0.6) is 0 Å². The molecule has 0 spiro atoms. The van der Waals surface area contributed by atoms with Gasteiger partial charge in [0.05, 0.1) is 11.3 Å². The molecule has 0 aliphatic heterocycles. The molecule has 10 heteroatoms. The molecule has 0 saturated heterocycles. The third-order valence-electron chi connectivity index (χ3n) is 5.29. The van der Waals surface area contributed by atoms with Crippen LogP contribution in [-0.4, -0.2) is 31.1 Å². The first-order valence-electron chi connectivity index (χ1n) is 10.9. The van der Waals surface area contributed by atoms with E-state index in [-0.39, 0.29) is 11.8 Å². The minimum Gasteiger partial charge on any atom is -0.388 e. The van der Waals surface area contributed by atoms with Crippen LogP contribution in [0.2, 0.25) is 0 Å². The van der Waals surface area contributed by atoms with Crippen LogP contribution < -0.4 is 11.1 Å². The van der Waals surface area contributed by atoms with E-state index in [0.29, 0.717) is 17.8 Å². The van der Waals surface area contributed by atoms with Crippen LogP contribution in [0.25, 0.3) is 44.4 Å². The van der Waals surface area contributed by atoms with Crippen LogP contribution in [0.4, 0.5) is 5.82 Å². The van der Waals surface area contributed by atoms with E-state index in [0.717, 1.165) is 38.6 Å². The highest BCUT2D eigenvalue weighted by molar-refractivity contribution is 7.13. The second kappa shape index (κ2) is 9.43. The summed E-state index contributed by atoms with van der Waals surface area (Å²) >= 11 is 1.50. The highest BCUT2D eigenvalue weighted by Crippen LogP contribution is 2.38. The van der Waals surface area contributed by atoms with Crippen molar-refractivity contribution in [3.63, 3.8) is 0 Å². The average Bonchev–Trinajstić information content (AvgIpc) is 3.53. The van der Waals surface area contributed by atoms with Crippen molar-refractivity contribution in [3.05, 3.63) is 76.5 Å². The number of carbonyl (C=O) groups is 1. The van der Waals surface area contributed by atoms with Gasteiger partial charge in [-0.25, -0.2) is 19.9 Å². The molecule has 5 rings (SSSR count). The van der Waals surface area contributed by atoms with E-state index in [1.807, 2.05) is 54.8 Å². The number of rotatable bonds is 6. The molecule has 35 heavy (non-hydrogen) atoms. The first-order valence-corrected chi connectivity index (χ1v) is 11.7. The molecule has 2 N–H and O–H groups in total. The molecule has 9 nitrogen and oxygen atoms in total. The van der Waals surface area contributed by atoms with E-state index in [2.05, 4.69) is 25.5 Å². The number of hydrogen-bond acceptors (Lipinski definition) is 8. The number of aromatic amines is 1. The molecule has 0 unspecified atom stereocenters. The van der Waals surface area contributed by atoms with Gasteiger partial charge in [-0.15, -0.1) is 16.4 Å². The maximum Gasteiger partial charge on any atom is 0.434 e. The maximum absolute atomic E-state index is 11.7. The first kappa shape index (κ1) is 22.4. The zero-order chi connectivity index (χ0) is 24.4. The third kappa shape index (κ3) is 4.64. The van der Waals surface area contributed by atoms with Crippen molar-refractivity contribution in [2.45, 2.75) is 20.3 Å². The molecule has 0 aliphatic rings. The summed E-state index contributed by atoms with van der Waals surface area (Å²) in [5.74, 6) is -0.282. The largest absolute Gasteiger partial charge is 0.434 e. The minimum atomic E-state index is -0.639. The predicted molar refractivity (Wildman–Crippen MR) is 134 cm³/mol. The lowest BCUT2D eigenvalue weighted by atomic mass is 9.98. The van der Waals surface area contributed by atoms with E-state index >= 15 is 0 Å². The number of H-pyrrole nitrogens is 1. The Balaban J connectivity index is 1.68. The summed E-state index contributed by atoms with van der Waals surface area (Å²) in [4.78, 5) is 37.1. The molecule has 4 aromatic heterocycles. The van der Waals surface area contributed by atoms with E-state index in [4.69, 9.17) is 9.40 Å². The summed E-state index contributed by atoms with van der Waals surface area (Å²) in [6.07, 6.45) is 3.99. The summed E-state index contributed by atoms with van der Waals surface area (Å²) in [5, 5.41) is 11.7. The Morgan fingerprint density at radius 2 is 1.89 bits per heavy atom. The molecule has 0 radical (unpaired) electrons. The predicted octanol–water partition coefficient (Wildman–Crippen LogP) is 4.80. The number of carbonyl (C=O) groups excluding carboxylic acids is 1. The summed E-state index contributed by atoms with van der Waals surface area (Å²) in [7, 11) is 0. The van der Waals surface area contributed by atoms with E-state index in [1.165, 1.54) is 18.3 Å². The Morgan fingerprint density at radius 1 is 1.06 bits per heavy atom. The molecule has 4 heterocycles. The molecule has 0 atom stereocenters. The van der Waals surface area contributed by atoms with Gasteiger partial charge in [0.1, 0.15) is 10.8 Å². The Labute approximate surface area is 203 Å². The zero-order valence-corrected chi connectivity index (χ0v) is 19.7. The molecule has 1 aromatic carbocycles. The number of aromatic nitrogens is 5. The number of hydrogen-bond donors (Lipinski definition) is 2. The quantitative estimate of drug-likeness (QED) is 0.354. The number of pyridine rings is 2. The van der Waals surface area contributed by atoms with Gasteiger partial charge in [0.2, 0.25) is 5.91 Å². The Hall–Kier alpha value is -4.44. The Bertz CT molecular complexity index is 1570. The number of aryl methyl sites for hydroxylation is 1. The van der Waals surface area contributed by atoms with Crippen molar-refractivity contribution in [2.75, 3.05) is 5.32 Å². The Kier molecular flexibility index (Phi) is 6.02. The first-order chi connectivity index (χ1) is 17.0. The topological polar surface area (TPSA) is 127 Å². The molecule has 1 amide bonds. The molecule has 0 fully saturated rings. The number of nitrogens with zero attached hydrogens (tertiary/aromatic N) is 4. The summed E-state index contributed by atoms with van der Waals surface area (Å²) in [5.41, 5.74) is 5.65. The molecular weight excluding hydrogens is 464 g/mol. The van der Waals surface area contributed by atoms with Crippen molar-refractivity contribution >= 4 is 23.1 Å². The van der Waals surface area contributed by atoms with Gasteiger partial charge in [-0.05, 0) is 18.6 Å². The fourth-order valence-corrected chi connectivity index (χ4v) is 4.57. The SMILES string of the molecule is CCc1ncc(-c2n[nH]c(=O)o2)cc1-c1cnc(NC(C)=O)cc1-c1nc(-c2ccccc2)cs1. The van der Waals surface area contributed by atoms with Gasteiger partial charge in [-0.3, -0.25) is 9.78 Å². The number of nitrogens with one attached hydrogen (secondary N) is 2. The normalized spacial score (nSPS) is 10.9. The van der Waals surface area contributed by atoms with Crippen LogP contribution >= 0.6 is 11.3 Å². The molecule has 0 saturated carbocycles. The standard InChI is InChI=1S/C25H20N6O3S/c1-3-20-17(9-16(11-26-20)23-30-31-25(33)34-23)19-12-27-22(28-14(2)32)10-18(19)24-29-21(13-35-24)15-7-5-4-6-8-15/h4-13H,3H2,1-2H3,(H,31,33)(H,27,28,32). The Morgan fingerprint density at radius 3 is 2.60 bits per heavy atom. The summed E-state index contributed by atoms with van der Waals surface area (Å²) in [6.45, 7) is 3.45. The van der Waals surface area contributed by atoms with Crippen molar-refractivity contribution in [1.29, 1.82) is 0 Å². The van der Waals surface area contributed by atoms with Gasteiger partial charge in [-0.2, -0.15) is 0 Å². The smallest absolute Gasteiger partial charge is 0.388 e. The molecule has 5 aromatic rings. The van der Waals surface area contributed by atoms with Crippen LogP contribution in [0, 0.1) is 0 Å². The monoisotopic (exact) mass is 484 g/mol. The maximum atomic E-state index is 11.7. The van der Waals surface area contributed by atoms with Gasteiger partial charge in [0.15, 0.2) is 0 Å². The van der Waals surface area contributed by atoms with Gasteiger partial charge in [0.25, 0.3) is 5.89 Å². The zero-order valence-electron chi connectivity index (χ0n) is 18.9. The average molecular weight is 485 g/mol. The number of anilines is 1. The van der Waals surface area contributed by atoms with Crippen molar-refractivity contribution < 1.29 is 9.21 Å². The van der Waals surface area contributed by atoms with Gasteiger partial charge >= 0.3 is 5.76 Å². The second-order valence-electron chi connectivity index (χ2n) is 7.69.